The molecule has 0 bridgehead atoms. The normalized spacial score (nSPS) is 6.00. The van der Waals surface area contributed by atoms with Gasteiger partial charge in [-0.1, -0.05) is 83.6 Å². The van der Waals surface area contributed by atoms with E-state index in [1.54, 1.807) is 0 Å². The van der Waals surface area contributed by atoms with Crippen molar-refractivity contribution >= 4 is 9.24 Å². The molecule has 0 fully saturated rings. The summed E-state index contributed by atoms with van der Waals surface area (Å²) in [6.07, 6.45) is 9.80. The zero-order chi connectivity index (χ0) is 6.95. The van der Waals surface area contributed by atoms with E-state index < -0.39 is 0 Å². The van der Waals surface area contributed by atoms with Crippen LogP contribution in [0.4, 0.5) is 0 Å². The van der Waals surface area contributed by atoms with Crippen molar-refractivity contribution in [3.63, 3.8) is 0 Å². The Kier molecular flexibility index (Phi) is 142. The van der Waals surface area contributed by atoms with Gasteiger partial charge in [-0.05, 0) is 12.6 Å². The molecule has 1 atom stereocenters. The first kappa shape index (κ1) is 45.2. The molecule has 0 saturated heterocycles. The average molecular weight is 242 g/mol. The lowest BCUT2D eigenvalue weighted by Gasteiger charge is -1.96. The Morgan fingerprint density at radius 3 is 1.27 bits per heavy atom. The van der Waals surface area contributed by atoms with Crippen LogP contribution in [0.25, 0.3) is 0 Å². The number of hydrogen-bond acceptors (Lipinski definition) is 0. The van der Waals surface area contributed by atoms with Crippen molar-refractivity contribution in [2.45, 2.75) is 90.0 Å². The maximum atomic E-state index is 2.78. The van der Waals surface area contributed by atoms with Crippen LogP contribution in [0.2, 0.25) is 0 Å². The Bertz CT molecular complexity index is 38.6. The molecule has 0 aromatic carbocycles. The van der Waals surface area contributed by atoms with Gasteiger partial charge in [-0.3, -0.25) is 0 Å². The molecule has 0 radical (unpaired) electrons. The lowest BCUT2D eigenvalue weighted by Crippen LogP contribution is -1.78. The highest BCUT2D eigenvalue weighted by Crippen LogP contribution is 2.05. The first-order valence-electron chi connectivity index (χ1n) is 4.12. The van der Waals surface area contributed by atoms with Crippen molar-refractivity contribution in [3.05, 3.63) is 0 Å². The van der Waals surface area contributed by atoms with E-state index in [0.29, 0.717) is 0 Å². The molecular formula is C14H43P. The highest BCUT2D eigenvalue weighted by Gasteiger charge is 1.85. The number of hydrogen-bond donors (Lipinski definition) is 0. The van der Waals surface area contributed by atoms with Gasteiger partial charge in [0.1, 0.15) is 0 Å². The minimum Gasteiger partial charge on any atom is -0.138 e. The van der Waals surface area contributed by atoms with Crippen molar-refractivity contribution in [3.8, 4) is 0 Å². The van der Waals surface area contributed by atoms with Crippen LogP contribution >= 0.6 is 9.24 Å². The highest BCUT2D eigenvalue weighted by atomic mass is 31.0. The summed E-state index contributed by atoms with van der Waals surface area (Å²) in [4.78, 5) is 0. The van der Waals surface area contributed by atoms with E-state index in [0.717, 1.165) is 0 Å². The molecular weight excluding hydrogens is 199 g/mol. The molecule has 1 heteroatoms. The van der Waals surface area contributed by atoms with Crippen molar-refractivity contribution in [1.29, 1.82) is 0 Å². The zero-order valence-electron chi connectivity index (χ0n) is 6.53. The monoisotopic (exact) mass is 242 g/mol. The first-order valence-corrected chi connectivity index (χ1v) is 4.93. The van der Waals surface area contributed by atoms with Gasteiger partial charge >= 0.3 is 0 Å². The number of unbranched alkanes of at least 4 members (excludes halogenated alkanes) is 5. The fourth-order valence-electron chi connectivity index (χ4n) is 0.925. The van der Waals surface area contributed by atoms with Gasteiger partial charge in [-0.25, -0.2) is 0 Å². The minimum absolute atomic E-state index is 0. The Labute approximate surface area is 106 Å². The molecule has 0 amide bonds. The van der Waals surface area contributed by atoms with E-state index in [1.165, 1.54) is 44.7 Å². The van der Waals surface area contributed by atoms with E-state index in [9.17, 15) is 0 Å². The summed E-state index contributed by atoms with van der Waals surface area (Å²) in [6, 6.07) is 0. The van der Waals surface area contributed by atoms with Crippen LogP contribution < -0.4 is 0 Å². The van der Waals surface area contributed by atoms with E-state index in [-0.39, 0.29) is 44.6 Å². The smallest absolute Gasteiger partial charge is 0.0381 e. The molecule has 0 rings (SSSR count). The Morgan fingerprint density at radius 1 is 0.600 bits per heavy atom. The molecule has 0 aliphatic heterocycles. The predicted octanol–water partition coefficient (Wildman–Crippen LogP) is 7.04. The second-order valence-electron chi connectivity index (χ2n) is 2.56. The third-order valence-corrected chi connectivity index (χ3v) is 1.97. The van der Waals surface area contributed by atoms with E-state index in [2.05, 4.69) is 16.2 Å². The van der Waals surface area contributed by atoms with Gasteiger partial charge in [0.25, 0.3) is 0 Å². The van der Waals surface area contributed by atoms with E-state index >= 15 is 0 Å². The lowest BCUT2D eigenvalue weighted by molar-refractivity contribution is 0.627. The third-order valence-electron chi connectivity index (χ3n) is 1.56. The summed E-state index contributed by atoms with van der Waals surface area (Å²) < 4.78 is 0. The van der Waals surface area contributed by atoms with Gasteiger partial charge in [0, 0.05) is 0 Å². The third kappa shape index (κ3) is 53.9. The largest absolute Gasteiger partial charge is 0.138 e. The van der Waals surface area contributed by atoms with Gasteiger partial charge in [-0.15, -0.1) is 9.24 Å². The lowest BCUT2D eigenvalue weighted by atomic mass is 10.1. The first-order chi connectivity index (χ1) is 4.41. The summed E-state index contributed by atoms with van der Waals surface area (Å²) in [6.45, 7) is 2.26. The minimum atomic E-state index is 0. The standard InChI is InChI=1S/C8H19P.6CH4/c1-2-3-4-5-6-7-8-9;;;;;;/h2-9H2,1H3;6*1H4. The van der Waals surface area contributed by atoms with Crippen LogP contribution in [-0.2, 0) is 0 Å². The van der Waals surface area contributed by atoms with Crippen LogP contribution in [0.15, 0.2) is 0 Å². The van der Waals surface area contributed by atoms with Gasteiger partial charge in [-0.2, -0.15) is 0 Å². The molecule has 104 valence electrons. The fourth-order valence-corrected chi connectivity index (χ4v) is 1.21. The van der Waals surface area contributed by atoms with Crippen molar-refractivity contribution in [1.82, 2.24) is 0 Å². The zero-order valence-corrected chi connectivity index (χ0v) is 7.68. The molecule has 0 N–H and O–H groups in total. The van der Waals surface area contributed by atoms with Crippen LogP contribution in [0.3, 0.4) is 0 Å². The maximum Gasteiger partial charge on any atom is -0.0381 e. The highest BCUT2D eigenvalue weighted by molar-refractivity contribution is 7.16. The summed E-state index contributed by atoms with van der Waals surface area (Å²) in [5, 5.41) is 0. The average Bonchev–Trinajstić information content (AvgIpc) is 1.89. The second kappa shape index (κ2) is 47.1. The second-order valence-corrected chi connectivity index (χ2v) is 3.13. The molecule has 0 aliphatic rings. The molecule has 15 heavy (non-hydrogen) atoms. The van der Waals surface area contributed by atoms with Gasteiger partial charge in [0.05, 0.1) is 0 Å². The summed E-state index contributed by atoms with van der Waals surface area (Å²) >= 11 is 0. The maximum absolute atomic E-state index is 2.78. The predicted molar refractivity (Wildman–Crippen MR) is 88.3 cm³/mol. The van der Waals surface area contributed by atoms with Crippen molar-refractivity contribution < 1.29 is 0 Å². The van der Waals surface area contributed by atoms with Crippen LogP contribution in [0, 0.1) is 0 Å². The van der Waals surface area contributed by atoms with Gasteiger partial charge < -0.3 is 0 Å². The Hall–Kier alpha value is 0.430. The van der Waals surface area contributed by atoms with Gasteiger partial charge in [0.2, 0.25) is 0 Å². The Morgan fingerprint density at radius 2 is 0.933 bits per heavy atom. The Balaban J connectivity index is -0.0000000213. The van der Waals surface area contributed by atoms with E-state index in [4.69, 9.17) is 0 Å². The summed E-state index contributed by atoms with van der Waals surface area (Å²) in [7, 11) is 2.78. The van der Waals surface area contributed by atoms with Crippen LogP contribution in [0.1, 0.15) is 90.0 Å². The van der Waals surface area contributed by atoms with Crippen LogP contribution in [0.5, 0.6) is 0 Å². The van der Waals surface area contributed by atoms with Crippen molar-refractivity contribution in [2.24, 2.45) is 0 Å². The molecule has 1 unspecified atom stereocenters. The van der Waals surface area contributed by atoms with Crippen LogP contribution in [-0.4, -0.2) is 6.16 Å². The molecule has 0 aromatic heterocycles. The molecule has 0 saturated carbocycles. The molecule has 0 nitrogen and oxygen atoms in total. The van der Waals surface area contributed by atoms with Gasteiger partial charge in [0.15, 0.2) is 0 Å². The topological polar surface area (TPSA) is 0 Å². The van der Waals surface area contributed by atoms with Crippen molar-refractivity contribution in [2.75, 3.05) is 6.16 Å². The molecule has 0 aromatic rings. The summed E-state index contributed by atoms with van der Waals surface area (Å²) in [5.41, 5.74) is 0. The molecule has 0 spiro atoms. The molecule has 0 heterocycles. The quantitative estimate of drug-likeness (QED) is 0.346. The summed E-state index contributed by atoms with van der Waals surface area (Å²) in [5.74, 6) is 0. The number of rotatable bonds is 6. The SMILES string of the molecule is C.C.C.C.C.C.CCCCCCCCP. The van der Waals surface area contributed by atoms with E-state index in [1.807, 2.05) is 0 Å². The fraction of sp³-hybridized carbons (Fsp3) is 1.00. The molecule has 0 aliphatic carbocycles.